The molecule has 1 fully saturated rings. The molecule has 1 aliphatic heterocycles. The lowest BCUT2D eigenvalue weighted by molar-refractivity contribution is -0.117. The molecular weight excluding hydrogens is 292 g/mol. The molecule has 0 radical (unpaired) electrons. The minimum absolute atomic E-state index is 0.0534. The highest BCUT2D eigenvalue weighted by Crippen LogP contribution is 2.13. The van der Waals surface area contributed by atoms with Crippen LogP contribution >= 0.6 is 0 Å². The minimum atomic E-state index is -0.384. The van der Waals surface area contributed by atoms with E-state index in [1.165, 1.54) is 0 Å². The highest BCUT2D eigenvalue weighted by Gasteiger charge is 2.17. The van der Waals surface area contributed by atoms with E-state index in [9.17, 15) is 10.1 Å². The van der Waals surface area contributed by atoms with Crippen LogP contribution in [0.25, 0.3) is 11.7 Å². The largest absolute Gasteiger partial charge is 0.376 e. The van der Waals surface area contributed by atoms with Gasteiger partial charge < -0.3 is 14.5 Å². The van der Waals surface area contributed by atoms with Crippen molar-refractivity contribution in [1.82, 2.24) is 14.7 Å². The van der Waals surface area contributed by atoms with Crippen LogP contribution in [0, 0.1) is 18.3 Å². The van der Waals surface area contributed by atoms with Crippen molar-refractivity contribution in [2.24, 2.45) is 0 Å². The minimum Gasteiger partial charge on any atom is -0.376 e. The zero-order chi connectivity index (χ0) is 16.2. The molecule has 0 aliphatic carbocycles. The van der Waals surface area contributed by atoms with Gasteiger partial charge in [-0.2, -0.15) is 5.26 Å². The van der Waals surface area contributed by atoms with E-state index in [4.69, 9.17) is 4.74 Å². The van der Waals surface area contributed by atoms with Crippen molar-refractivity contribution in [1.29, 1.82) is 5.26 Å². The molecule has 1 N–H and O–H groups in total. The zero-order valence-corrected chi connectivity index (χ0v) is 13.0. The third-order valence-electron chi connectivity index (χ3n) is 3.87. The Morgan fingerprint density at radius 2 is 2.52 bits per heavy atom. The molecule has 1 saturated heterocycles. The Hall–Kier alpha value is -2.65. The van der Waals surface area contributed by atoms with Crippen molar-refractivity contribution in [3.8, 4) is 6.07 Å². The Morgan fingerprint density at radius 3 is 3.26 bits per heavy atom. The molecule has 0 aromatic carbocycles. The molecule has 6 heteroatoms. The first-order valence-corrected chi connectivity index (χ1v) is 7.62. The fourth-order valence-corrected chi connectivity index (χ4v) is 2.61. The lowest BCUT2D eigenvalue weighted by Crippen LogP contribution is -2.32. The fraction of sp³-hybridized carbons (Fsp3) is 0.353. The summed E-state index contributed by atoms with van der Waals surface area (Å²) in [4.78, 5) is 16.5. The Morgan fingerprint density at radius 1 is 1.65 bits per heavy atom. The molecule has 3 rings (SSSR count). The number of ether oxygens (including phenoxy) is 1. The van der Waals surface area contributed by atoms with Gasteiger partial charge in [0.1, 0.15) is 17.3 Å². The lowest BCUT2D eigenvalue weighted by Gasteiger charge is -2.10. The number of pyridine rings is 1. The molecule has 0 saturated carbocycles. The lowest BCUT2D eigenvalue weighted by atomic mass is 10.2. The van der Waals surface area contributed by atoms with Gasteiger partial charge >= 0.3 is 0 Å². The number of imidazole rings is 1. The van der Waals surface area contributed by atoms with Gasteiger partial charge in [-0.25, -0.2) is 4.98 Å². The van der Waals surface area contributed by atoms with E-state index in [-0.39, 0.29) is 17.6 Å². The summed E-state index contributed by atoms with van der Waals surface area (Å²) in [6, 6.07) is 5.86. The summed E-state index contributed by atoms with van der Waals surface area (Å²) < 4.78 is 7.31. The first kappa shape index (κ1) is 15.3. The average molecular weight is 310 g/mol. The van der Waals surface area contributed by atoms with E-state index in [1.54, 1.807) is 12.3 Å². The number of aryl methyl sites for hydroxylation is 1. The monoisotopic (exact) mass is 310 g/mol. The van der Waals surface area contributed by atoms with Crippen LogP contribution in [0.15, 0.2) is 30.1 Å². The quantitative estimate of drug-likeness (QED) is 0.690. The van der Waals surface area contributed by atoms with Crippen molar-refractivity contribution < 1.29 is 9.53 Å². The van der Waals surface area contributed by atoms with Gasteiger partial charge in [-0.05, 0) is 43.5 Å². The number of nitrogens with one attached hydrogen (secondary N) is 1. The number of aromatic nitrogens is 2. The average Bonchev–Trinajstić information content (AvgIpc) is 3.19. The number of nitriles is 1. The Balaban J connectivity index is 1.77. The second-order valence-electron chi connectivity index (χ2n) is 5.63. The second-order valence-corrected chi connectivity index (χ2v) is 5.63. The number of nitrogens with zero attached hydrogens (tertiary/aromatic N) is 3. The van der Waals surface area contributed by atoms with Crippen molar-refractivity contribution in [3.63, 3.8) is 0 Å². The number of carbonyl (C=O) groups is 1. The Labute approximate surface area is 134 Å². The second kappa shape index (κ2) is 6.63. The summed E-state index contributed by atoms with van der Waals surface area (Å²) in [5.74, 6) is -0.384. The van der Waals surface area contributed by atoms with Gasteiger partial charge in [0.05, 0.1) is 18.0 Å². The van der Waals surface area contributed by atoms with Gasteiger partial charge in [0.2, 0.25) is 0 Å². The molecule has 2 aromatic rings. The molecular formula is C17H18N4O2. The van der Waals surface area contributed by atoms with E-state index >= 15 is 0 Å². The van der Waals surface area contributed by atoms with Crippen LogP contribution in [0.3, 0.4) is 0 Å². The van der Waals surface area contributed by atoms with Crippen molar-refractivity contribution in [2.75, 3.05) is 13.2 Å². The maximum atomic E-state index is 12.2. The van der Waals surface area contributed by atoms with Gasteiger partial charge in [0, 0.05) is 19.3 Å². The zero-order valence-electron chi connectivity index (χ0n) is 13.0. The predicted octanol–water partition coefficient (Wildman–Crippen LogP) is 1.84. The number of fused-ring (bicyclic) bond motifs is 1. The van der Waals surface area contributed by atoms with Crippen LogP contribution in [0.4, 0.5) is 0 Å². The van der Waals surface area contributed by atoms with Crippen molar-refractivity contribution >= 4 is 17.6 Å². The summed E-state index contributed by atoms with van der Waals surface area (Å²) in [7, 11) is 0. The van der Waals surface area contributed by atoms with E-state index in [0.717, 1.165) is 30.7 Å². The number of hydrogen-bond donors (Lipinski definition) is 1. The highest BCUT2D eigenvalue weighted by molar-refractivity contribution is 6.01. The molecule has 2 aromatic heterocycles. The number of amides is 1. The molecule has 1 amide bonds. The first-order valence-electron chi connectivity index (χ1n) is 7.62. The van der Waals surface area contributed by atoms with Gasteiger partial charge in [0.25, 0.3) is 5.91 Å². The van der Waals surface area contributed by atoms with E-state index in [1.807, 2.05) is 35.7 Å². The smallest absolute Gasteiger partial charge is 0.262 e. The first-order chi connectivity index (χ1) is 11.2. The van der Waals surface area contributed by atoms with Gasteiger partial charge in [-0.3, -0.25) is 4.79 Å². The molecule has 1 atom stereocenters. The Kier molecular flexibility index (Phi) is 4.40. The van der Waals surface area contributed by atoms with Crippen molar-refractivity contribution in [3.05, 3.63) is 41.4 Å². The molecule has 6 nitrogen and oxygen atoms in total. The van der Waals surface area contributed by atoms with Crippen molar-refractivity contribution in [2.45, 2.75) is 25.9 Å². The van der Waals surface area contributed by atoms with Gasteiger partial charge in [-0.1, -0.05) is 0 Å². The van der Waals surface area contributed by atoms with E-state index in [0.29, 0.717) is 12.2 Å². The van der Waals surface area contributed by atoms with E-state index in [2.05, 4.69) is 10.3 Å². The maximum Gasteiger partial charge on any atom is 0.262 e. The van der Waals surface area contributed by atoms with Crippen LogP contribution in [-0.4, -0.2) is 34.5 Å². The maximum absolute atomic E-state index is 12.2. The molecule has 23 heavy (non-hydrogen) atoms. The fourth-order valence-electron chi connectivity index (χ4n) is 2.61. The van der Waals surface area contributed by atoms with Crippen LogP contribution < -0.4 is 5.32 Å². The predicted molar refractivity (Wildman–Crippen MR) is 85.5 cm³/mol. The SMILES string of the molecule is Cc1ccn2c(/C=C(/C#N)C(=O)NCC3CCCO3)cnc2c1. The molecule has 0 bridgehead atoms. The third-order valence-corrected chi connectivity index (χ3v) is 3.87. The highest BCUT2D eigenvalue weighted by atomic mass is 16.5. The summed E-state index contributed by atoms with van der Waals surface area (Å²) in [6.07, 6.45) is 7.10. The number of carbonyl (C=O) groups excluding carboxylic acids is 1. The Bertz CT molecular complexity index is 795. The summed E-state index contributed by atoms with van der Waals surface area (Å²) in [6.45, 7) is 3.16. The van der Waals surface area contributed by atoms with Gasteiger partial charge in [-0.15, -0.1) is 0 Å². The van der Waals surface area contributed by atoms with Gasteiger partial charge in [0.15, 0.2) is 0 Å². The third kappa shape index (κ3) is 3.41. The summed E-state index contributed by atoms with van der Waals surface area (Å²) in [5.41, 5.74) is 2.65. The molecule has 3 heterocycles. The number of rotatable bonds is 4. The topological polar surface area (TPSA) is 79.4 Å². The standard InChI is InChI=1S/C17H18N4O2/c1-12-4-5-21-14(10-19-16(21)7-12)8-13(9-18)17(22)20-11-15-3-2-6-23-15/h4-5,7-8,10,15H,2-3,6,11H2,1H3,(H,20,22)/b13-8-. The van der Waals surface area contributed by atoms with Crippen LogP contribution in [0.5, 0.6) is 0 Å². The number of hydrogen-bond acceptors (Lipinski definition) is 4. The van der Waals surface area contributed by atoms with Crippen LogP contribution in [0.1, 0.15) is 24.1 Å². The summed E-state index contributed by atoms with van der Waals surface area (Å²) >= 11 is 0. The normalized spacial score (nSPS) is 18.1. The molecule has 118 valence electrons. The summed E-state index contributed by atoms with van der Waals surface area (Å²) in [5, 5.41) is 12.0. The van der Waals surface area contributed by atoms with Crippen LogP contribution in [0.2, 0.25) is 0 Å². The molecule has 1 aliphatic rings. The molecule has 0 spiro atoms. The molecule has 1 unspecified atom stereocenters. The van der Waals surface area contributed by atoms with Crippen LogP contribution in [-0.2, 0) is 9.53 Å². The van der Waals surface area contributed by atoms with E-state index < -0.39 is 0 Å².